The molecule has 2 atom stereocenters. The van der Waals surface area contributed by atoms with Crippen molar-refractivity contribution in [2.45, 2.75) is 13.0 Å². The second kappa shape index (κ2) is 16.3. The van der Waals surface area contributed by atoms with Crippen molar-refractivity contribution in [1.29, 1.82) is 0 Å². The topological polar surface area (TPSA) is 19.7 Å². The molecule has 0 bridgehead atoms. The second-order valence-electron chi connectivity index (χ2n) is 19.8. The van der Waals surface area contributed by atoms with Crippen molar-refractivity contribution in [2.75, 3.05) is 0 Å². The van der Waals surface area contributed by atoms with E-state index < -0.39 is 0 Å². The SMILES string of the molecule is CC1C=CC=CC1n1c(-c2cccc(-n3c4ccc(-c5ccc6c(c5)c5ccccc5n6-c5ccccc5)cc4c4cc(-c5ccc6c(c5)c5ccccc5n6-c5ccccc5)ccc43)c2)cc2ccccc21. The maximum absolute atomic E-state index is 2.55. The molecule has 4 heterocycles. The summed E-state index contributed by atoms with van der Waals surface area (Å²) in [7, 11) is 0. The zero-order valence-corrected chi connectivity index (χ0v) is 40.3. The van der Waals surface area contributed by atoms with E-state index in [1.807, 2.05) is 0 Å². The van der Waals surface area contributed by atoms with Gasteiger partial charge in [0.25, 0.3) is 0 Å². The molecule has 4 heteroatoms. The van der Waals surface area contributed by atoms with Crippen LogP contribution in [-0.4, -0.2) is 18.3 Å². The third-order valence-electron chi connectivity index (χ3n) is 15.6. The van der Waals surface area contributed by atoms with Gasteiger partial charge in [-0.15, -0.1) is 0 Å². The van der Waals surface area contributed by atoms with E-state index in [4.69, 9.17) is 0 Å². The van der Waals surface area contributed by atoms with Gasteiger partial charge >= 0.3 is 0 Å². The van der Waals surface area contributed by atoms with E-state index in [9.17, 15) is 0 Å². The molecule has 344 valence electrons. The molecular formula is C69H48N4. The highest BCUT2D eigenvalue weighted by Crippen LogP contribution is 2.43. The highest BCUT2D eigenvalue weighted by molar-refractivity contribution is 6.15. The largest absolute Gasteiger partial charge is 0.333 e. The van der Waals surface area contributed by atoms with Gasteiger partial charge in [0.15, 0.2) is 0 Å². The number of para-hydroxylation sites is 5. The highest BCUT2D eigenvalue weighted by atomic mass is 15.0. The van der Waals surface area contributed by atoms with Crippen molar-refractivity contribution in [3.05, 3.63) is 261 Å². The Bertz CT molecular complexity index is 4360. The molecule has 73 heavy (non-hydrogen) atoms. The minimum Gasteiger partial charge on any atom is -0.333 e. The monoisotopic (exact) mass is 932 g/mol. The van der Waals surface area contributed by atoms with Gasteiger partial charge in [-0.05, 0) is 137 Å². The molecule has 0 N–H and O–H groups in total. The lowest BCUT2D eigenvalue weighted by atomic mass is 9.96. The van der Waals surface area contributed by atoms with Gasteiger partial charge in [-0.3, -0.25) is 0 Å². The van der Waals surface area contributed by atoms with Crippen LogP contribution in [0.4, 0.5) is 0 Å². The number of rotatable bonds is 7. The van der Waals surface area contributed by atoms with Crippen molar-refractivity contribution in [1.82, 2.24) is 18.3 Å². The molecule has 0 saturated heterocycles. The normalized spacial score (nSPS) is 14.8. The zero-order valence-electron chi connectivity index (χ0n) is 40.3. The van der Waals surface area contributed by atoms with Crippen molar-refractivity contribution in [3.8, 4) is 50.6 Å². The molecule has 1 aliphatic rings. The molecular weight excluding hydrogens is 885 g/mol. The summed E-state index contributed by atoms with van der Waals surface area (Å²) in [6, 6.07) is 87.8. The van der Waals surface area contributed by atoms with Gasteiger partial charge in [-0.25, -0.2) is 0 Å². The first-order valence-electron chi connectivity index (χ1n) is 25.4. The molecule has 0 aliphatic heterocycles. The third kappa shape index (κ3) is 6.47. The lowest BCUT2D eigenvalue weighted by molar-refractivity contribution is 0.502. The number of benzene rings is 10. The summed E-state index contributed by atoms with van der Waals surface area (Å²) < 4.78 is 9.81. The minimum atomic E-state index is 0.205. The Labute approximate surface area is 422 Å². The van der Waals surface area contributed by atoms with Crippen LogP contribution in [0.5, 0.6) is 0 Å². The summed E-state index contributed by atoms with van der Waals surface area (Å²) in [6.07, 6.45) is 9.05. The fourth-order valence-electron chi connectivity index (χ4n) is 12.2. The molecule has 0 radical (unpaired) electrons. The zero-order chi connectivity index (χ0) is 48.1. The number of allylic oxidation sites excluding steroid dienone is 4. The quantitative estimate of drug-likeness (QED) is 0.152. The van der Waals surface area contributed by atoms with Crippen molar-refractivity contribution in [2.24, 2.45) is 5.92 Å². The van der Waals surface area contributed by atoms with Crippen molar-refractivity contribution < 1.29 is 0 Å². The average Bonchev–Trinajstić information content (AvgIpc) is 4.20. The number of aromatic nitrogens is 4. The summed E-state index contributed by atoms with van der Waals surface area (Å²) in [4.78, 5) is 0. The summed E-state index contributed by atoms with van der Waals surface area (Å²) in [6.45, 7) is 2.32. The molecule has 0 spiro atoms. The van der Waals surface area contributed by atoms with E-state index in [1.165, 1.54) is 110 Å². The summed E-state index contributed by atoms with van der Waals surface area (Å²) in [5, 5.41) is 8.67. The average molecular weight is 933 g/mol. The van der Waals surface area contributed by atoms with Gasteiger partial charge in [0, 0.05) is 71.5 Å². The van der Waals surface area contributed by atoms with Crippen LogP contribution in [0.15, 0.2) is 261 Å². The Balaban J connectivity index is 0.931. The first-order valence-corrected chi connectivity index (χ1v) is 25.4. The Hall–Kier alpha value is -9.38. The number of fused-ring (bicyclic) bond motifs is 10. The van der Waals surface area contributed by atoms with E-state index in [0.717, 1.165) is 17.1 Å². The molecule has 15 rings (SSSR count). The van der Waals surface area contributed by atoms with E-state index in [1.54, 1.807) is 0 Å². The summed E-state index contributed by atoms with van der Waals surface area (Å²) in [5.74, 6) is 0.356. The number of hydrogen-bond acceptors (Lipinski definition) is 0. The molecule has 14 aromatic rings. The van der Waals surface area contributed by atoms with Crippen LogP contribution < -0.4 is 0 Å². The fourth-order valence-corrected chi connectivity index (χ4v) is 12.2. The number of hydrogen-bond donors (Lipinski definition) is 0. The smallest absolute Gasteiger partial charge is 0.0585 e. The Kier molecular flexibility index (Phi) is 9.27. The van der Waals surface area contributed by atoms with E-state index in [2.05, 4.69) is 286 Å². The standard InChI is InChI=1S/C69H48N4/c1-45-17-8-12-27-61(45)73-62-28-13-9-18-51(62)44-69(73)50-19-16-24-54(39-50)72-67-37-33-48(46-31-35-65-57(40-46)55-25-10-14-29-63(55)70(65)52-20-4-2-5-21-52)42-59(67)60-43-49(34-38-68(60)72)47-32-36-66-58(41-47)56-26-11-15-30-64(56)71(66)53-22-6-3-7-23-53/h2-45,61H,1H3. The lowest BCUT2D eigenvalue weighted by Crippen LogP contribution is -2.16. The maximum Gasteiger partial charge on any atom is 0.0585 e. The van der Waals surface area contributed by atoms with Gasteiger partial charge < -0.3 is 18.3 Å². The molecule has 2 unspecified atom stereocenters. The van der Waals surface area contributed by atoms with E-state index >= 15 is 0 Å². The summed E-state index contributed by atoms with van der Waals surface area (Å²) >= 11 is 0. The Morgan fingerprint density at radius 1 is 0.288 bits per heavy atom. The minimum absolute atomic E-state index is 0.205. The second-order valence-corrected chi connectivity index (χ2v) is 19.8. The van der Waals surface area contributed by atoms with Gasteiger partial charge in [-0.1, -0.05) is 159 Å². The molecule has 0 amide bonds. The van der Waals surface area contributed by atoms with Crippen LogP contribution in [0.3, 0.4) is 0 Å². The van der Waals surface area contributed by atoms with Crippen LogP contribution >= 0.6 is 0 Å². The predicted molar refractivity (Wildman–Crippen MR) is 308 cm³/mol. The van der Waals surface area contributed by atoms with Crippen LogP contribution in [0.1, 0.15) is 13.0 Å². The predicted octanol–water partition coefficient (Wildman–Crippen LogP) is 18.2. The molecule has 4 aromatic heterocycles. The van der Waals surface area contributed by atoms with Crippen LogP contribution in [-0.2, 0) is 0 Å². The summed E-state index contributed by atoms with van der Waals surface area (Å²) in [5.41, 5.74) is 19.0. The highest BCUT2D eigenvalue weighted by Gasteiger charge is 2.24. The maximum atomic E-state index is 2.55. The molecule has 1 aliphatic carbocycles. The van der Waals surface area contributed by atoms with E-state index in [-0.39, 0.29) is 6.04 Å². The van der Waals surface area contributed by atoms with Crippen LogP contribution in [0.2, 0.25) is 0 Å². The lowest BCUT2D eigenvalue weighted by Gasteiger charge is -2.26. The van der Waals surface area contributed by atoms with Gasteiger partial charge in [-0.2, -0.15) is 0 Å². The fraction of sp³-hybridized carbons (Fsp3) is 0.0435. The molecule has 10 aromatic carbocycles. The first kappa shape index (κ1) is 41.4. The molecule has 0 fully saturated rings. The Morgan fingerprint density at radius 3 is 1.22 bits per heavy atom. The number of nitrogens with zero attached hydrogens (tertiary/aromatic N) is 4. The van der Waals surface area contributed by atoms with Crippen LogP contribution in [0, 0.1) is 5.92 Å². The molecule has 0 saturated carbocycles. The molecule has 4 nitrogen and oxygen atoms in total. The van der Waals surface area contributed by atoms with Gasteiger partial charge in [0.05, 0.1) is 39.1 Å². The van der Waals surface area contributed by atoms with E-state index in [0.29, 0.717) is 5.92 Å². The van der Waals surface area contributed by atoms with Crippen molar-refractivity contribution >= 4 is 76.3 Å². The van der Waals surface area contributed by atoms with Gasteiger partial charge in [0.1, 0.15) is 0 Å². The van der Waals surface area contributed by atoms with Gasteiger partial charge in [0.2, 0.25) is 0 Å². The first-order chi connectivity index (χ1) is 36.1. The third-order valence-corrected chi connectivity index (χ3v) is 15.6. The van der Waals surface area contributed by atoms with Crippen molar-refractivity contribution in [3.63, 3.8) is 0 Å². The van der Waals surface area contributed by atoms with Crippen LogP contribution in [0.25, 0.3) is 127 Å². The Morgan fingerprint density at radius 2 is 0.699 bits per heavy atom.